The van der Waals surface area contributed by atoms with Gasteiger partial charge >= 0.3 is 6.09 Å². The van der Waals surface area contributed by atoms with E-state index in [-0.39, 0.29) is 25.2 Å². The number of amides is 1. The summed E-state index contributed by atoms with van der Waals surface area (Å²) >= 11 is 0. The molecule has 0 saturated heterocycles. The largest absolute Gasteiger partial charge is 0.449 e. The molecule has 0 spiro atoms. The van der Waals surface area contributed by atoms with E-state index in [0.29, 0.717) is 29.8 Å². The molecule has 8 atom stereocenters. The highest BCUT2D eigenvalue weighted by Gasteiger charge is 2.54. The number of aliphatic hydroxyl groups is 2. The van der Waals surface area contributed by atoms with Crippen LogP contribution in [0.25, 0.3) is 11.1 Å². The van der Waals surface area contributed by atoms with E-state index in [1.165, 1.54) is 27.8 Å². The van der Waals surface area contributed by atoms with Crippen molar-refractivity contribution in [2.24, 2.45) is 17.8 Å². The van der Waals surface area contributed by atoms with Crippen LogP contribution >= 0.6 is 0 Å². The van der Waals surface area contributed by atoms with Crippen LogP contribution < -0.4 is 16.0 Å². The van der Waals surface area contributed by atoms with Gasteiger partial charge in [-0.3, -0.25) is 5.32 Å². The number of alkyl carbamates (subject to hydrolysis) is 1. The van der Waals surface area contributed by atoms with Crippen molar-refractivity contribution in [1.82, 2.24) is 16.0 Å². The zero-order valence-electron chi connectivity index (χ0n) is 22.1. The van der Waals surface area contributed by atoms with Gasteiger partial charge in [-0.05, 0) is 78.7 Å². The number of carbonyl (C=O) groups is 1. The fraction of sp³-hybridized carbons (Fsp3) is 0.516. The Morgan fingerprint density at radius 2 is 1.76 bits per heavy atom. The number of ether oxygens (including phenoxy) is 1. The van der Waals surface area contributed by atoms with E-state index in [1.54, 1.807) is 6.92 Å². The van der Waals surface area contributed by atoms with E-state index in [2.05, 4.69) is 53.2 Å². The lowest BCUT2D eigenvalue weighted by Gasteiger charge is -2.25. The molecule has 0 aromatic heterocycles. The zero-order chi connectivity index (χ0) is 26.4. The number of aliphatic hydroxyl groups excluding tert-OH is 2. The molecule has 0 bridgehead atoms. The monoisotopic (exact) mass is 517 g/mol. The molecule has 2 saturated carbocycles. The van der Waals surface area contributed by atoms with Crippen LogP contribution in [-0.2, 0) is 4.74 Å². The van der Waals surface area contributed by atoms with Gasteiger partial charge in [-0.1, -0.05) is 54.6 Å². The van der Waals surface area contributed by atoms with E-state index in [9.17, 15) is 15.0 Å². The van der Waals surface area contributed by atoms with E-state index in [4.69, 9.17) is 4.74 Å². The number of carbonyl (C=O) groups excluding carboxylic acids is 1. The van der Waals surface area contributed by atoms with Gasteiger partial charge in [0.05, 0.1) is 12.6 Å². The summed E-state index contributed by atoms with van der Waals surface area (Å²) in [6.07, 6.45) is 4.14. The third kappa shape index (κ3) is 5.00. The van der Waals surface area contributed by atoms with Gasteiger partial charge in [0.25, 0.3) is 0 Å². The minimum Gasteiger partial charge on any atom is -0.449 e. The molecule has 1 amide bonds. The maximum absolute atomic E-state index is 12.6. The van der Waals surface area contributed by atoms with Crippen molar-refractivity contribution in [2.75, 3.05) is 13.2 Å². The standard InChI is InChI=1S/C31H39N3O4/c1-17(25-14-28(25)34-29-24-12-11-19(15-35)13-26(24)29)32-30(36)18(2)33-31(37)38-16-27-22-9-5-3-7-20(22)21-8-4-6-10-23(21)27/h3-10,13,17-18,24-30,32,34-36H,11-12,14-16H2,1-2H3,(H,33,37)/t17?,18-,24?,25?,26?,28?,29?,30?/m1/s1. The molecular weight excluding hydrogens is 478 g/mol. The number of nitrogens with one attached hydrogen (secondary N) is 3. The van der Waals surface area contributed by atoms with Gasteiger partial charge in [-0.25, -0.2) is 4.79 Å². The van der Waals surface area contributed by atoms with Crippen LogP contribution in [0.1, 0.15) is 50.2 Å². The van der Waals surface area contributed by atoms with Crippen molar-refractivity contribution in [2.45, 2.75) is 69.4 Å². The Hall–Kier alpha value is -2.71. The van der Waals surface area contributed by atoms with Gasteiger partial charge in [0.2, 0.25) is 0 Å². The molecule has 0 aliphatic heterocycles. The highest BCUT2D eigenvalue weighted by molar-refractivity contribution is 5.79. The lowest BCUT2D eigenvalue weighted by atomic mass is 9.98. The average Bonchev–Trinajstić information content (AvgIpc) is 3.83. The molecule has 5 N–H and O–H groups in total. The first-order valence-electron chi connectivity index (χ1n) is 14.1. The molecule has 2 aromatic carbocycles. The van der Waals surface area contributed by atoms with E-state index in [1.807, 2.05) is 24.3 Å². The molecule has 0 heterocycles. The predicted molar refractivity (Wildman–Crippen MR) is 146 cm³/mol. The minimum atomic E-state index is -0.870. The first-order chi connectivity index (χ1) is 18.4. The lowest BCUT2D eigenvalue weighted by molar-refractivity contribution is 0.0768. The van der Waals surface area contributed by atoms with Crippen LogP contribution in [0, 0.1) is 17.8 Å². The highest BCUT2D eigenvalue weighted by atomic mass is 16.5. The van der Waals surface area contributed by atoms with Gasteiger partial charge in [0.1, 0.15) is 12.8 Å². The molecule has 4 aliphatic carbocycles. The molecule has 7 heteroatoms. The van der Waals surface area contributed by atoms with Gasteiger partial charge in [0, 0.05) is 24.0 Å². The number of hydrogen-bond acceptors (Lipinski definition) is 6. The Balaban J connectivity index is 0.948. The van der Waals surface area contributed by atoms with Crippen LogP contribution in [0.3, 0.4) is 0 Å². The number of fused-ring (bicyclic) bond motifs is 4. The molecule has 202 valence electrons. The van der Waals surface area contributed by atoms with E-state index >= 15 is 0 Å². The molecule has 2 aromatic rings. The van der Waals surface area contributed by atoms with Crippen molar-refractivity contribution < 1.29 is 19.7 Å². The number of hydrogen-bond donors (Lipinski definition) is 5. The third-order valence-electron chi connectivity index (χ3n) is 9.14. The summed E-state index contributed by atoms with van der Waals surface area (Å²) in [5, 5.41) is 30.0. The summed E-state index contributed by atoms with van der Waals surface area (Å²) in [6.45, 7) is 4.32. The molecule has 38 heavy (non-hydrogen) atoms. The topological polar surface area (TPSA) is 103 Å². The Morgan fingerprint density at radius 3 is 2.45 bits per heavy atom. The van der Waals surface area contributed by atoms with Crippen molar-refractivity contribution in [3.8, 4) is 11.1 Å². The van der Waals surface area contributed by atoms with E-state index < -0.39 is 18.4 Å². The van der Waals surface area contributed by atoms with Crippen LogP contribution in [0.4, 0.5) is 4.79 Å². The summed E-state index contributed by atoms with van der Waals surface area (Å²) in [4.78, 5) is 12.6. The lowest BCUT2D eigenvalue weighted by Crippen LogP contribution is -2.51. The van der Waals surface area contributed by atoms with Gasteiger partial charge in [-0.15, -0.1) is 0 Å². The Bertz CT molecular complexity index is 1170. The van der Waals surface area contributed by atoms with Crippen LogP contribution in [0.15, 0.2) is 60.2 Å². The molecular formula is C31H39N3O4. The molecule has 7 nitrogen and oxygen atoms in total. The van der Waals surface area contributed by atoms with Crippen LogP contribution in [0.2, 0.25) is 0 Å². The molecule has 4 aliphatic rings. The summed E-state index contributed by atoms with van der Waals surface area (Å²) in [6, 6.07) is 17.1. The third-order valence-corrected chi connectivity index (χ3v) is 9.14. The van der Waals surface area contributed by atoms with Crippen molar-refractivity contribution in [3.05, 3.63) is 71.3 Å². The Labute approximate surface area is 224 Å². The minimum absolute atomic E-state index is 0.00634. The summed E-state index contributed by atoms with van der Waals surface area (Å²) in [5.41, 5.74) is 5.91. The smallest absolute Gasteiger partial charge is 0.407 e. The van der Waals surface area contributed by atoms with Crippen LogP contribution in [0.5, 0.6) is 0 Å². The quantitative estimate of drug-likeness (QED) is 0.244. The average molecular weight is 518 g/mol. The first-order valence-corrected chi connectivity index (χ1v) is 14.1. The molecule has 0 radical (unpaired) electrons. The van der Waals surface area contributed by atoms with Crippen molar-refractivity contribution >= 4 is 6.09 Å². The SMILES string of the molecule is CC(NC(O)[C@@H](C)NC(=O)OCC1c2ccccc2-c2ccccc21)C1CC1NC1C2C=C(CO)CCC21. The van der Waals surface area contributed by atoms with E-state index in [0.717, 1.165) is 19.3 Å². The van der Waals surface area contributed by atoms with Crippen molar-refractivity contribution in [3.63, 3.8) is 0 Å². The zero-order valence-corrected chi connectivity index (χ0v) is 22.1. The maximum atomic E-state index is 12.6. The van der Waals surface area contributed by atoms with Crippen LogP contribution in [-0.4, -0.2) is 59.9 Å². The summed E-state index contributed by atoms with van der Waals surface area (Å²) in [7, 11) is 0. The Morgan fingerprint density at radius 1 is 1.08 bits per heavy atom. The van der Waals surface area contributed by atoms with Gasteiger partial charge < -0.3 is 25.6 Å². The van der Waals surface area contributed by atoms with Gasteiger partial charge in [0.15, 0.2) is 0 Å². The molecule has 2 fully saturated rings. The molecule has 6 rings (SSSR count). The highest BCUT2D eigenvalue weighted by Crippen LogP contribution is 2.50. The fourth-order valence-corrected chi connectivity index (χ4v) is 6.72. The second kappa shape index (κ2) is 10.5. The van der Waals surface area contributed by atoms with Crippen molar-refractivity contribution in [1.29, 1.82) is 0 Å². The fourth-order valence-electron chi connectivity index (χ4n) is 6.72. The second-order valence-corrected chi connectivity index (χ2v) is 11.6. The number of rotatable bonds is 10. The van der Waals surface area contributed by atoms with Gasteiger partial charge in [-0.2, -0.15) is 0 Å². The predicted octanol–water partition coefficient (Wildman–Crippen LogP) is 3.52. The Kier molecular flexibility index (Phi) is 7.03. The first kappa shape index (κ1) is 25.6. The second-order valence-electron chi connectivity index (χ2n) is 11.6. The summed E-state index contributed by atoms with van der Waals surface area (Å²) in [5.74, 6) is 1.74. The normalized spacial score (nSPS) is 29.3. The molecule has 7 unspecified atom stereocenters. The number of benzene rings is 2. The maximum Gasteiger partial charge on any atom is 0.407 e. The summed E-state index contributed by atoms with van der Waals surface area (Å²) < 4.78 is 5.64.